The summed E-state index contributed by atoms with van der Waals surface area (Å²) in [5.41, 5.74) is 2.03. The van der Waals surface area contributed by atoms with Crippen molar-refractivity contribution in [3.05, 3.63) is 134 Å². The summed E-state index contributed by atoms with van der Waals surface area (Å²) in [7, 11) is -15.0. The summed E-state index contributed by atoms with van der Waals surface area (Å²) < 4.78 is 230. The summed E-state index contributed by atoms with van der Waals surface area (Å²) in [4.78, 5) is 92.8. The number of hydrogen-bond donors (Lipinski definition) is 9. The number of nitrogens with two attached hydrogens (primary N) is 1. The van der Waals surface area contributed by atoms with Gasteiger partial charge >= 0.3 is 55.6 Å². The molecular formula is C49H48ClF10N12O21PS3. The highest BCUT2D eigenvalue weighted by atomic mass is 35.5. The molecule has 97 heavy (non-hydrogen) atoms. The smallest absolute Gasteiger partial charge is 0.416 e. The number of urea groups is 2. The molecule has 0 spiro atoms. The molecule has 0 radical (unpaired) electrons. The minimum absolute atomic E-state index is 0.0412. The minimum Gasteiger partial charge on any atom is -0.480 e. The van der Waals surface area contributed by atoms with Gasteiger partial charge in [-0.05, 0) is 67.8 Å². The average molecular weight is 1490 g/mol. The number of benzene rings is 4. The Labute approximate surface area is 543 Å². The van der Waals surface area contributed by atoms with Gasteiger partial charge in [0.1, 0.15) is 33.8 Å². The normalized spacial score (nSPS) is 12.4. The third-order valence-electron chi connectivity index (χ3n) is 10.6. The number of methoxy groups -OCH3 is 1. The number of carboxylic acid groups (broad SMARTS) is 2. The van der Waals surface area contributed by atoms with Crippen molar-refractivity contribution in [2.45, 2.75) is 67.6 Å². The van der Waals surface area contributed by atoms with E-state index in [1.807, 2.05) is 0 Å². The molecule has 6 aromatic rings. The predicted octanol–water partition coefficient (Wildman–Crippen LogP) is 7.52. The Balaban J connectivity index is 0.000000351. The maximum absolute atomic E-state index is 12.7. The lowest BCUT2D eigenvalue weighted by atomic mass is 10.1. The van der Waals surface area contributed by atoms with E-state index in [4.69, 9.17) is 41.9 Å². The molecule has 0 aliphatic heterocycles. The van der Waals surface area contributed by atoms with E-state index in [2.05, 4.69) is 39.7 Å². The van der Waals surface area contributed by atoms with Gasteiger partial charge < -0.3 is 39.8 Å². The number of nitrogens with one attached hydrogen (secondary N) is 5. The van der Waals surface area contributed by atoms with Crippen LogP contribution in [0, 0.1) is 17.0 Å². The van der Waals surface area contributed by atoms with Crippen LogP contribution in [0.3, 0.4) is 0 Å². The van der Waals surface area contributed by atoms with E-state index in [9.17, 15) is 108 Å². The number of halogens is 11. The van der Waals surface area contributed by atoms with Crippen LogP contribution in [0.2, 0.25) is 5.02 Å². The summed E-state index contributed by atoms with van der Waals surface area (Å²) in [6.07, 6.45) is -10.1. The Kier molecular flexibility index (Phi) is 29.1. The van der Waals surface area contributed by atoms with Crippen molar-refractivity contribution in [3.8, 4) is 29.3 Å². The number of nitro groups is 1. The number of aliphatic carboxylic acids is 1. The lowest BCUT2D eigenvalue weighted by molar-refractivity contribution is -0.385. The van der Waals surface area contributed by atoms with E-state index >= 15 is 0 Å². The molecule has 4 aromatic carbocycles. The van der Waals surface area contributed by atoms with Gasteiger partial charge in [-0.15, -0.1) is 0 Å². The number of anilines is 2. The molecule has 0 bridgehead atoms. The van der Waals surface area contributed by atoms with Crippen LogP contribution in [0.1, 0.15) is 50.5 Å². The highest BCUT2D eigenvalue weighted by Gasteiger charge is 2.33. The number of hydrogen-bond acceptors (Lipinski definition) is 24. The molecule has 530 valence electrons. The SMILES string of the molecule is COc1nc(C)nc(NC(=O)NS(=O)(=O)c2ccccc2CCC(F)(F)F)n1.CP(=O)(O)CCC(N)C(=O)O.CS(=O)(=O)NC(=O)c1cc(Oc2ccc(C(F)(F)F)cc2Cl)ccc1[N+](=O)[O-].O=C(Nc1nc(OC(F)F)cc(OC(F)F)n1)NS(=O)(=O)c1ccccc1C(=O)O. The van der Waals surface area contributed by atoms with E-state index < -0.39 is 172 Å². The third-order valence-corrected chi connectivity index (χ3v) is 15.4. The second-order valence-electron chi connectivity index (χ2n) is 18.4. The van der Waals surface area contributed by atoms with Crippen molar-refractivity contribution in [3.63, 3.8) is 0 Å². The summed E-state index contributed by atoms with van der Waals surface area (Å²) in [6.45, 7) is -4.13. The average Bonchev–Trinajstić information content (AvgIpc) is 0.822. The zero-order valence-corrected chi connectivity index (χ0v) is 53.1. The summed E-state index contributed by atoms with van der Waals surface area (Å²) >= 11 is 5.76. The van der Waals surface area contributed by atoms with Crippen LogP contribution in [-0.2, 0) is 52.0 Å². The number of alkyl halides is 10. The Bertz CT molecular complexity index is 4240. The van der Waals surface area contributed by atoms with Crippen LogP contribution >= 0.6 is 19.0 Å². The van der Waals surface area contributed by atoms with Crippen LogP contribution in [0.25, 0.3) is 0 Å². The van der Waals surface area contributed by atoms with Crippen LogP contribution in [0.4, 0.5) is 71.1 Å². The van der Waals surface area contributed by atoms with Crippen LogP contribution in [0.5, 0.6) is 29.3 Å². The number of sulfonamides is 3. The fourth-order valence-electron chi connectivity index (χ4n) is 6.63. The van der Waals surface area contributed by atoms with Crippen LogP contribution in [0.15, 0.2) is 101 Å². The molecule has 5 amide bonds. The quantitative estimate of drug-likeness (QED) is 0.0129. The first kappa shape index (κ1) is 81.3. The van der Waals surface area contributed by atoms with Gasteiger partial charge in [-0.25, -0.2) is 53.8 Å². The molecule has 0 aliphatic carbocycles. The standard InChI is InChI=1S/C15H10ClF3N2O6S.C15H16F3N5O4S.C14H10F4N4O7S.C5H12NO4P/c1-28(25,26)20-14(22)10-7-9(3-4-12(10)21(23)24)27-13-5-2-8(6-11(13)16)15(17,18)19;1-9-19-12(22-14(20-9)27-2)21-13(24)23-28(25,26)11-6-4-3-5-10(11)7-8-15(16,17)18;15-11(16)28-8-5-9(29-12(17)18)20-13(19-8)21-14(25)22-30(26,27)7-4-2-1-3-6(7)10(23)24;1-11(9,10)3-2-4(6)5(7)8/h2-7H,1H3,(H,20,22);3-6H,7-8H2,1-2H3,(H2,19,20,21,22,23,24);1-5,11-12H,(H,23,24)(H2,19,20,21,22,25);4H,2-3,6H2,1H3,(H,7,8)(H,9,10). The van der Waals surface area contributed by atoms with Gasteiger partial charge in [0.25, 0.3) is 31.6 Å². The lowest BCUT2D eigenvalue weighted by Crippen LogP contribution is -2.35. The summed E-state index contributed by atoms with van der Waals surface area (Å²) in [6, 6.07) is 11.1. The molecule has 10 N–H and O–H groups in total. The number of aromatic nitrogens is 5. The van der Waals surface area contributed by atoms with Crippen LogP contribution in [-0.4, -0.2) is 152 Å². The van der Waals surface area contributed by atoms with Crippen molar-refractivity contribution < 1.29 is 137 Å². The molecule has 2 unspecified atom stereocenters. The Morgan fingerprint density at radius 1 is 0.732 bits per heavy atom. The molecule has 0 fully saturated rings. The Morgan fingerprint density at radius 3 is 1.73 bits per heavy atom. The molecule has 0 saturated heterocycles. The largest absolute Gasteiger partial charge is 0.480 e. The number of carbonyl (C=O) groups excluding carboxylic acids is 3. The first-order chi connectivity index (χ1) is 44.6. The summed E-state index contributed by atoms with van der Waals surface area (Å²) in [5.74, 6) is -7.33. The van der Waals surface area contributed by atoms with Gasteiger partial charge in [0, 0.05) is 31.4 Å². The van der Waals surface area contributed by atoms with Crippen molar-refractivity contribution in [1.82, 2.24) is 39.1 Å². The Hall–Kier alpha value is -9.89. The Morgan fingerprint density at radius 2 is 1.26 bits per heavy atom. The fraction of sp³-hybridized carbons (Fsp3) is 0.265. The van der Waals surface area contributed by atoms with Crippen LogP contribution < -0.4 is 49.5 Å². The number of aryl methyl sites for hydroxylation is 2. The van der Waals surface area contributed by atoms with Gasteiger partial charge in [-0.1, -0.05) is 41.9 Å². The number of aromatic carboxylic acids is 1. The molecule has 2 aromatic heterocycles. The van der Waals surface area contributed by atoms with Crippen molar-refractivity contribution in [2.24, 2.45) is 5.73 Å². The number of amides is 5. The van der Waals surface area contributed by atoms with Gasteiger partial charge in [0.15, 0.2) is 7.37 Å². The molecule has 0 aliphatic rings. The number of nitrogens with zero attached hydrogens (tertiary/aromatic N) is 6. The fourth-order valence-corrected chi connectivity index (χ4v) is 10.3. The number of ether oxygens (including phenoxy) is 4. The maximum Gasteiger partial charge on any atom is 0.416 e. The number of carboxylic acids is 2. The number of nitro benzene ring substituents is 1. The van der Waals surface area contributed by atoms with Crippen molar-refractivity contribution in [1.29, 1.82) is 0 Å². The number of rotatable bonds is 23. The molecule has 33 nitrogen and oxygen atoms in total. The highest BCUT2D eigenvalue weighted by molar-refractivity contribution is 7.90. The molecular weight excluding hydrogens is 1450 g/mol. The van der Waals surface area contributed by atoms with E-state index in [0.29, 0.717) is 24.5 Å². The zero-order valence-electron chi connectivity index (χ0n) is 49.0. The monoisotopic (exact) mass is 1490 g/mol. The second kappa shape index (κ2) is 34.7. The third kappa shape index (κ3) is 28.9. The van der Waals surface area contributed by atoms with Crippen molar-refractivity contribution in [2.75, 3.05) is 36.8 Å². The first-order valence-corrected chi connectivity index (χ1v) is 32.9. The first-order valence-electron chi connectivity index (χ1n) is 25.4. The van der Waals surface area contributed by atoms with E-state index in [-0.39, 0.29) is 47.4 Å². The second-order valence-corrected chi connectivity index (χ2v) is 26.4. The van der Waals surface area contributed by atoms with E-state index in [0.717, 1.165) is 42.5 Å². The maximum atomic E-state index is 12.7. The number of carbonyl (C=O) groups is 5. The topological polar surface area (TPSA) is 496 Å². The van der Waals surface area contributed by atoms with Gasteiger partial charge in [0.05, 0.1) is 45.4 Å². The highest BCUT2D eigenvalue weighted by Crippen LogP contribution is 2.38. The van der Waals surface area contributed by atoms with Gasteiger partial charge in [-0.3, -0.25) is 34.9 Å². The van der Waals surface area contributed by atoms with E-state index in [1.54, 1.807) is 14.8 Å². The molecule has 2 atom stereocenters. The molecule has 48 heteroatoms. The zero-order chi connectivity index (χ0) is 73.8. The molecule has 2 heterocycles. The predicted molar refractivity (Wildman–Crippen MR) is 312 cm³/mol. The van der Waals surface area contributed by atoms with Gasteiger partial charge in [0.2, 0.25) is 33.7 Å². The van der Waals surface area contributed by atoms with E-state index in [1.165, 1.54) is 55.8 Å². The molecule has 6 rings (SSSR count). The minimum atomic E-state index is -4.71. The lowest BCUT2D eigenvalue weighted by Gasteiger charge is -2.13. The molecule has 0 saturated carbocycles. The van der Waals surface area contributed by atoms with Crippen molar-refractivity contribution >= 4 is 96.5 Å². The summed E-state index contributed by atoms with van der Waals surface area (Å²) in [5, 5.41) is 31.8. The van der Waals surface area contributed by atoms with Gasteiger partial charge in [-0.2, -0.15) is 68.8 Å².